The van der Waals surface area contributed by atoms with Gasteiger partial charge in [-0.2, -0.15) is 0 Å². The first kappa shape index (κ1) is 28.9. The van der Waals surface area contributed by atoms with Gasteiger partial charge in [0.1, 0.15) is 23.7 Å². The maximum absolute atomic E-state index is 13.9. The Morgan fingerprint density at radius 1 is 1.09 bits per heavy atom. The van der Waals surface area contributed by atoms with E-state index in [1.54, 1.807) is 50.4 Å². The smallest absolute Gasteiger partial charge is 0.301 e. The number of fused-ring (bicyclic) bond motifs is 2. The van der Waals surface area contributed by atoms with Crippen LogP contribution in [0.5, 0.6) is 17.2 Å². The van der Waals surface area contributed by atoms with Crippen LogP contribution in [0.2, 0.25) is 0 Å². The van der Waals surface area contributed by atoms with Crippen molar-refractivity contribution in [2.45, 2.75) is 26.8 Å². The molecule has 11 heteroatoms. The van der Waals surface area contributed by atoms with Crippen LogP contribution in [-0.2, 0) is 9.59 Å². The van der Waals surface area contributed by atoms with Gasteiger partial charge in [0, 0.05) is 6.20 Å². The van der Waals surface area contributed by atoms with E-state index in [1.165, 1.54) is 16.2 Å². The van der Waals surface area contributed by atoms with Gasteiger partial charge in [-0.1, -0.05) is 36.1 Å². The third kappa shape index (κ3) is 4.75. The van der Waals surface area contributed by atoms with E-state index in [0.29, 0.717) is 51.4 Å². The average Bonchev–Trinajstić information content (AvgIpc) is 3.68. The first-order chi connectivity index (χ1) is 21.3. The number of ketones is 1. The van der Waals surface area contributed by atoms with E-state index in [2.05, 4.69) is 11.6 Å². The molecule has 5 aromatic rings. The van der Waals surface area contributed by atoms with Crippen molar-refractivity contribution in [1.29, 1.82) is 0 Å². The van der Waals surface area contributed by atoms with E-state index in [0.717, 1.165) is 10.3 Å². The number of pyridine rings is 1. The Morgan fingerprint density at radius 2 is 1.91 bits per heavy atom. The Labute approximate surface area is 257 Å². The molecule has 3 aromatic heterocycles. The lowest BCUT2D eigenvalue weighted by Gasteiger charge is -2.24. The van der Waals surface area contributed by atoms with Crippen LogP contribution in [0.1, 0.15) is 35.5 Å². The number of aromatic nitrogens is 3. The summed E-state index contributed by atoms with van der Waals surface area (Å²) in [6, 6.07) is 13.3. The normalized spacial score (nSPS) is 16.2. The fourth-order valence-corrected chi connectivity index (χ4v) is 6.39. The van der Waals surface area contributed by atoms with Crippen molar-refractivity contribution in [2.24, 2.45) is 0 Å². The fourth-order valence-electron chi connectivity index (χ4n) is 5.37. The molecule has 1 N–H and O–H groups in total. The summed E-state index contributed by atoms with van der Waals surface area (Å²) < 4.78 is 19.7. The average molecular weight is 611 g/mol. The molecule has 1 amide bonds. The molecule has 4 heterocycles. The van der Waals surface area contributed by atoms with Crippen LogP contribution in [0.25, 0.3) is 21.6 Å². The SMILES string of the molecule is C=CCOc1ccc(C2/C(=C(\O)c3nc4c(C)cccn4c3C)C(=O)C(=O)N2c2nc3ccc(OC)cc3s2)cc1OCC. The Bertz CT molecular complexity index is 1990. The van der Waals surface area contributed by atoms with E-state index in [4.69, 9.17) is 19.2 Å². The molecule has 0 saturated carbocycles. The van der Waals surface area contributed by atoms with Crippen molar-refractivity contribution >= 4 is 49.8 Å². The van der Waals surface area contributed by atoms with Gasteiger partial charge in [-0.25, -0.2) is 9.97 Å². The van der Waals surface area contributed by atoms with Gasteiger partial charge in [0.15, 0.2) is 22.4 Å². The number of thiazole rings is 1. The fraction of sp³-hybridized carbons (Fsp3) is 0.212. The molecular weight excluding hydrogens is 580 g/mol. The molecule has 0 spiro atoms. The van der Waals surface area contributed by atoms with Gasteiger partial charge in [0.2, 0.25) is 0 Å². The summed E-state index contributed by atoms with van der Waals surface area (Å²) in [6.45, 7) is 9.89. The summed E-state index contributed by atoms with van der Waals surface area (Å²) in [5, 5.41) is 12.1. The number of aryl methyl sites for hydroxylation is 2. The minimum atomic E-state index is -1.03. The minimum absolute atomic E-state index is 0.0989. The predicted molar refractivity (Wildman–Crippen MR) is 169 cm³/mol. The number of hydrogen-bond acceptors (Lipinski definition) is 9. The highest BCUT2D eigenvalue weighted by atomic mass is 32.1. The van der Waals surface area contributed by atoms with Crippen LogP contribution in [0.15, 0.2) is 73.0 Å². The molecule has 0 bridgehead atoms. The van der Waals surface area contributed by atoms with Crippen molar-refractivity contribution in [3.63, 3.8) is 0 Å². The van der Waals surface area contributed by atoms with E-state index in [-0.39, 0.29) is 23.6 Å². The third-order valence-electron chi connectivity index (χ3n) is 7.48. The number of anilines is 1. The third-order valence-corrected chi connectivity index (χ3v) is 8.50. The largest absolute Gasteiger partial charge is 0.505 e. The van der Waals surface area contributed by atoms with E-state index in [1.807, 2.05) is 42.6 Å². The standard InChI is InChI=1S/C33H30N4O6S/c1-6-15-43-23-13-10-20(16-24(23)42-7-2)28-26(29(38)27-19(4)36-14-8-9-18(3)31(36)35-27)30(39)32(40)37(28)33-34-22-12-11-21(41-5)17-25(22)44-33/h6,8-14,16-17,28,38H,1,7,15H2,2-5H3/b29-26+. The highest BCUT2D eigenvalue weighted by molar-refractivity contribution is 7.22. The molecule has 1 aliphatic heterocycles. The number of aliphatic hydroxyl groups is 1. The summed E-state index contributed by atoms with van der Waals surface area (Å²) in [5.41, 5.74) is 3.44. The number of ether oxygens (including phenoxy) is 3. The maximum atomic E-state index is 13.9. The first-order valence-corrected chi connectivity index (χ1v) is 14.8. The summed E-state index contributed by atoms with van der Waals surface area (Å²) in [5.74, 6) is -0.491. The molecule has 10 nitrogen and oxygen atoms in total. The summed E-state index contributed by atoms with van der Waals surface area (Å²) in [4.78, 5) is 38.4. The molecule has 44 heavy (non-hydrogen) atoms. The molecule has 0 aliphatic carbocycles. The number of benzene rings is 2. The topological polar surface area (TPSA) is 115 Å². The number of nitrogens with zero attached hydrogens (tertiary/aromatic N) is 4. The maximum Gasteiger partial charge on any atom is 0.301 e. The van der Waals surface area contributed by atoms with Crippen LogP contribution in [-0.4, -0.2) is 51.5 Å². The number of rotatable bonds is 9. The summed E-state index contributed by atoms with van der Waals surface area (Å²) >= 11 is 1.25. The first-order valence-electron chi connectivity index (χ1n) is 14.0. The second-order valence-corrected chi connectivity index (χ2v) is 11.2. The van der Waals surface area contributed by atoms with Crippen molar-refractivity contribution in [1.82, 2.24) is 14.4 Å². The van der Waals surface area contributed by atoms with E-state index in [9.17, 15) is 14.7 Å². The van der Waals surface area contributed by atoms with Gasteiger partial charge in [-0.05, 0) is 68.3 Å². The highest BCUT2D eigenvalue weighted by Crippen LogP contribution is 2.46. The Hall–Kier alpha value is -5.16. The number of methoxy groups -OCH3 is 1. The van der Waals surface area contributed by atoms with Crippen molar-refractivity contribution in [2.75, 3.05) is 25.2 Å². The zero-order valence-corrected chi connectivity index (χ0v) is 25.5. The van der Waals surface area contributed by atoms with Crippen LogP contribution in [0, 0.1) is 13.8 Å². The van der Waals surface area contributed by atoms with Gasteiger partial charge in [0.25, 0.3) is 5.78 Å². The Morgan fingerprint density at radius 3 is 2.64 bits per heavy atom. The highest BCUT2D eigenvalue weighted by Gasteiger charge is 2.49. The molecule has 224 valence electrons. The van der Waals surface area contributed by atoms with Crippen LogP contribution < -0.4 is 19.1 Å². The summed E-state index contributed by atoms with van der Waals surface area (Å²) in [6.07, 6.45) is 3.46. The van der Waals surface area contributed by atoms with Crippen LogP contribution in [0.4, 0.5) is 5.13 Å². The summed E-state index contributed by atoms with van der Waals surface area (Å²) in [7, 11) is 1.57. The van der Waals surface area contributed by atoms with Crippen molar-refractivity contribution < 1.29 is 28.9 Å². The molecule has 1 unspecified atom stereocenters. The molecular formula is C33H30N4O6S. The molecule has 1 aliphatic rings. The van der Waals surface area contributed by atoms with Gasteiger partial charge in [-0.3, -0.25) is 14.5 Å². The second kappa shape index (κ2) is 11.5. The quantitative estimate of drug-likeness (QED) is 0.0914. The predicted octanol–water partition coefficient (Wildman–Crippen LogP) is 6.16. The molecule has 0 radical (unpaired) electrons. The van der Waals surface area contributed by atoms with Gasteiger partial charge >= 0.3 is 5.91 Å². The van der Waals surface area contributed by atoms with E-state index < -0.39 is 17.7 Å². The number of hydrogen-bond donors (Lipinski definition) is 1. The lowest BCUT2D eigenvalue weighted by Crippen LogP contribution is -2.29. The minimum Gasteiger partial charge on any atom is -0.505 e. The molecule has 2 aromatic carbocycles. The van der Waals surface area contributed by atoms with Gasteiger partial charge in [-0.15, -0.1) is 0 Å². The van der Waals surface area contributed by atoms with Crippen LogP contribution >= 0.6 is 11.3 Å². The zero-order valence-electron chi connectivity index (χ0n) is 24.7. The van der Waals surface area contributed by atoms with E-state index >= 15 is 0 Å². The molecule has 1 saturated heterocycles. The van der Waals surface area contributed by atoms with Crippen molar-refractivity contribution in [3.8, 4) is 17.2 Å². The number of carbonyl (C=O) groups excluding carboxylic acids is 2. The second-order valence-electron chi connectivity index (χ2n) is 10.2. The molecule has 1 atom stereocenters. The lowest BCUT2D eigenvalue weighted by molar-refractivity contribution is -0.132. The number of aliphatic hydroxyl groups excluding tert-OH is 1. The number of Topliss-reactive ketones (excluding diaryl/α,β-unsaturated/α-hetero) is 1. The number of amides is 1. The zero-order chi connectivity index (χ0) is 31.1. The molecule has 1 fully saturated rings. The van der Waals surface area contributed by atoms with Gasteiger partial charge < -0.3 is 23.7 Å². The van der Waals surface area contributed by atoms with Crippen molar-refractivity contribution in [3.05, 3.63) is 95.5 Å². The number of carbonyl (C=O) groups is 2. The van der Waals surface area contributed by atoms with Gasteiger partial charge in [0.05, 0.1) is 41.2 Å². The monoisotopic (exact) mass is 610 g/mol. The molecule has 6 rings (SSSR count). The Kier molecular flexibility index (Phi) is 7.56. The number of imidazole rings is 1. The van der Waals surface area contributed by atoms with Crippen LogP contribution in [0.3, 0.4) is 0 Å². The Balaban J connectivity index is 1.58. The lowest BCUT2D eigenvalue weighted by atomic mass is 9.96.